The second kappa shape index (κ2) is 11.7. The Hall–Kier alpha value is -5.31. The summed E-state index contributed by atoms with van der Waals surface area (Å²) in [5.74, 6) is 0. The van der Waals surface area contributed by atoms with Gasteiger partial charge in [-0.25, -0.2) is 0 Å². The number of hydrogen-bond acceptors (Lipinski definition) is 2. The van der Waals surface area contributed by atoms with Crippen LogP contribution in [0.25, 0.3) is 21.9 Å². The monoisotopic (exact) mass is 640 g/mol. The van der Waals surface area contributed by atoms with E-state index in [1.807, 2.05) is 6.07 Å². The molecule has 0 N–H and O–H groups in total. The Kier molecular flexibility index (Phi) is 7.35. The largest absolute Gasteiger partial charge is 0.310 e. The quantitative estimate of drug-likeness (QED) is 0.178. The van der Waals surface area contributed by atoms with Crippen LogP contribution < -0.4 is 9.80 Å². The molecule has 0 spiro atoms. The standard InChI is InChI=1S/C45H37ClN2/c1-30-39(46)23-14-24-40(30)48(42-26-15-25-41(31(42)2)47(34-18-7-5-8-19-34)35-20-9-6-10-21-35)43-27-13-22-36-37-28-32-16-11-12-17-33(32)29-38(37)45(3,4)44(36)43/h5-29H,1-4H3. The molecule has 2 nitrogen and oxygen atoms in total. The van der Waals surface area contributed by atoms with E-state index in [4.69, 9.17) is 11.6 Å². The lowest BCUT2D eigenvalue weighted by atomic mass is 9.80. The second-order valence-electron chi connectivity index (χ2n) is 13.2. The Balaban J connectivity index is 1.39. The van der Waals surface area contributed by atoms with Crippen molar-refractivity contribution in [2.24, 2.45) is 0 Å². The maximum atomic E-state index is 6.89. The van der Waals surface area contributed by atoms with Gasteiger partial charge in [0.25, 0.3) is 0 Å². The molecule has 8 rings (SSSR count). The number of rotatable bonds is 6. The lowest BCUT2D eigenvalue weighted by molar-refractivity contribution is 0.661. The van der Waals surface area contributed by atoms with Crippen molar-refractivity contribution >= 4 is 56.5 Å². The Morgan fingerprint density at radius 1 is 0.458 bits per heavy atom. The molecule has 0 radical (unpaired) electrons. The van der Waals surface area contributed by atoms with Gasteiger partial charge in [0.05, 0.1) is 22.7 Å². The van der Waals surface area contributed by atoms with Crippen LogP contribution in [0.15, 0.2) is 152 Å². The molecule has 1 aliphatic rings. The summed E-state index contributed by atoms with van der Waals surface area (Å²) < 4.78 is 0. The minimum absolute atomic E-state index is 0.234. The van der Waals surface area contributed by atoms with Crippen LogP contribution in [0.4, 0.5) is 34.1 Å². The van der Waals surface area contributed by atoms with E-state index in [9.17, 15) is 0 Å². The summed E-state index contributed by atoms with van der Waals surface area (Å²) in [6, 6.07) is 54.4. The highest BCUT2D eigenvalue weighted by Crippen LogP contribution is 2.56. The summed E-state index contributed by atoms with van der Waals surface area (Å²) in [5.41, 5.74) is 13.9. The van der Waals surface area contributed by atoms with Gasteiger partial charge in [-0.15, -0.1) is 0 Å². The van der Waals surface area contributed by atoms with E-state index < -0.39 is 0 Å². The van der Waals surface area contributed by atoms with Gasteiger partial charge in [0.1, 0.15) is 0 Å². The molecule has 0 fully saturated rings. The van der Waals surface area contributed by atoms with E-state index in [2.05, 4.69) is 183 Å². The van der Waals surface area contributed by atoms with Gasteiger partial charge in [0, 0.05) is 21.8 Å². The molecule has 3 heteroatoms. The zero-order valence-corrected chi connectivity index (χ0v) is 28.5. The van der Waals surface area contributed by atoms with Crippen molar-refractivity contribution in [1.29, 1.82) is 0 Å². The van der Waals surface area contributed by atoms with Gasteiger partial charge in [0.15, 0.2) is 0 Å². The Morgan fingerprint density at radius 3 is 1.60 bits per heavy atom. The Bertz CT molecular complexity index is 2270. The molecule has 0 unspecified atom stereocenters. The zero-order valence-electron chi connectivity index (χ0n) is 27.7. The van der Waals surface area contributed by atoms with Crippen molar-refractivity contribution in [3.05, 3.63) is 179 Å². The van der Waals surface area contributed by atoms with E-state index in [1.165, 1.54) is 38.6 Å². The van der Waals surface area contributed by atoms with Gasteiger partial charge >= 0.3 is 0 Å². The van der Waals surface area contributed by atoms with Crippen molar-refractivity contribution in [2.75, 3.05) is 9.80 Å². The van der Waals surface area contributed by atoms with E-state index in [0.29, 0.717) is 0 Å². The third-order valence-electron chi connectivity index (χ3n) is 10.0. The summed E-state index contributed by atoms with van der Waals surface area (Å²) >= 11 is 6.89. The van der Waals surface area contributed by atoms with Crippen molar-refractivity contribution < 1.29 is 0 Å². The fraction of sp³-hybridized carbons (Fsp3) is 0.111. The highest BCUT2D eigenvalue weighted by atomic mass is 35.5. The molecule has 234 valence electrons. The number of fused-ring (bicyclic) bond motifs is 4. The van der Waals surface area contributed by atoms with Crippen molar-refractivity contribution in [3.63, 3.8) is 0 Å². The predicted molar refractivity (Wildman–Crippen MR) is 205 cm³/mol. The van der Waals surface area contributed by atoms with Crippen molar-refractivity contribution in [3.8, 4) is 11.1 Å². The normalized spacial score (nSPS) is 12.9. The Labute approximate surface area is 288 Å². The molecular formula is C45H37ClN2. The van der Waals surface area contributed by atoms with Gasteiger partial charge in [-0.05, 0) is 125 Å². The van der Waals surface area contributed by atoms with Crippen LogP contribution in [0.5, 0.6) is 0 Å². The fourth-order valence-electron chi connectivity index (χ4n) is 7.63. The molecule has 0 aromatic heterocycles. The summed E-state index contributed by atoms with van der Waals surface area (Å²) in [4.78, 5) is 4.79. The number of halogens is 1. The second-order valence-corrected chi connectivity index (χ2v) is 13.6. The third kappa shape index (κ3) is 4.79. The SMILES string of the molecule is Cc1c(Cl)cccc1N(c1cccc(N(c2ccccc2)c2ccccc2)c1C)c1cccc2c1C(C)(C)c1cc3ccccc3cc1-2. The average molecular weight is 641 g/mol. The van der Waals surface area contributed by atoms with Crippen LogP contribution in [-0.2, 0) is 5.41 Å². The van der Waals surface area contributed by atoms with Crippen LogP contribution >= 0.6 is 11.6 Å². The smallest absolute Gasteiger partial charge is 0.0511 e. The molecular weight excluding hydrogens is 604 g/mol. The highest BCUT2D eigenvalue weighted by molar-refractivity contribution is 6.31. The number of anilines is 6. The molecule has 7 aromatic rings. The number of hydrogen-bond donors (Lipinski definition) is 0. The van der Waals surface area contributed by atoms with Crippen LogP contribution in [0.2, 0.25) is 5.02 Å². The first-order valence-corrected chi connectivity index (χ1v) is 16.9. The minimum Gasteiger partial charge on any atom is -0.310 e. The van der Waals surface area contributed by atoms with Gasteiger partial charge < -0.3 is 9.80 Å². The molecule has 7 aromatic carbocycles. The topological polar surface area (TPSA) is 6.48 Å². The van der Waals surface area contributed by atoms with Crippen molar-refractivity contribution in [1.82, 2.24) is 0 Å². The lowest BCUT2D eigenvalue weighted by Crippen LogP contribution is -2.22. The lowest BCUT2D eigenvalue weighted by Gasteiger charge is -2.35. The van der Waals surface area contributed by atoms with E-state index in [0.717, 1.165) is 44.7 Å². The van der Waals surface area contributed by atoms with Gasteiger partial charge in [0.2, 0.25) is 0 Å². The van der Waals surface area contributed by atoms with Gasteiger partial charge in [-0.3, -0.25) is 0 Å². The zero-order chi connectivity index (χ0) is 33.0. The first-order chi connectivity index (χ1) is 23.3. The first kappa shape index (κ1) is 30.1. The van der Waals surface area contributed by atoms with Crippen molar-refractivity contribution in [2.45, 2.75) is 33.1 Å². The van der Waals surface area contributed by atoms with E-state index >= 15 is 0 Å². The third-order valence-corrected chi connectivity index (χ3v) is 10.4. The number of nitrogens with zero attached hydrogens (tertiary/aromatic N) is 2. The maximum Gasteiger partial charge on any atom is 0.0511 e. The molecule has 1 aliphatic carbocycles. The number of benzene rings is 7. The van der Waals surface area contributed by atoms with E-state index in [-0.39, 0.29) is 5.41 Å². The molecule has 0 saturated heterocycles. The van der Waals surface area contributed by atoms with Crippen LogP contribution in [-0.4, -0.2) is 0 Å². The molecule has 0 heterocycles. The molecule has 0 atom stereocenters. The van der Waals surface area contributed by atoms with Gasteiger partial charge in [-0.2, -0.15) is 0 Å². The summed E-state index contributed by atoms with van der Waals surface area (Å²) in [7, 11) is 0. The maximum absolute atomic E-state index is 6.89. The minimum atomic E-state index is -0.234. The van der Waals surface area contributed by atoms with Gasteiger partial charge in [-0.1, -0.05) is 110 Å². The fourth-order valence-corrected chi connectivity index (χ4v) is 7.80. The average Bonchev–Trinajstić information content (AvgIpc) is 3.34. The predicted octanol–water partition coefficient (Wildman–Crippen LogP) is 13.4. The molecule has 0 saturated carbocycles. The summed E-state index contributed by atoms with van der Waals surface area (Å²) in [6.07, 6.45) is 0. The highest BCUT2D eigenvalue weighted by Gasteiger charge is 2.39. The first-order valence-electron chi connectivity index (χ1n) is 16.6. The molecule has 48 heavy (non-hydrogen) atoms. The molecule has 0 aliphatic heterocycles. The summed E-state index contributed by atoms with van der Waals surface area (Å²) in [6.45, 7) is 9.11. The molecule has 0 bridgehead atoms. The Morgan fingerprint density at radius 2 is 0.958 bits per heavy atom. The van der Waals surface area contributed by atoms with Crippen LogP contribution in [0, 0.1) is 13.8 Å². The van der Waals surface area contributed by atoms with Crippen LogP contribution in [0.1, 0.15) is 36.1 Å². The van der Waals surface area contributed by atoms with Crippen LogP contribution in [0.3, 0.4) is 0 Å². The van der Waals surface area contributed by atoms with E-state index in [1.54, 1.807) is 0 Å². The number of para-hydroxylation sites is 2. The summed E-state index contributed by atoms with van der Waals surface area (Å²) in [5, 5.41) is 3.29. The molecule has 0 amide bonds.